The SMILES string of the molecule is CCOC(=O)c1c(NC(=O)[C@H](C)OC(=O)c2ccc(-n3cnnn3)cc2)sc2c1CCCC2. The number of anilines is 1. The van der Waals surface area contributed by atoms with Crippen LogP contribution in [0.3, 0.4) is 0 Å². The van der Waals surface area contributed by atoms with Crippen molar-refractivity contribution in [3.63, 3.8) is 0 Å². The normalized spacial score (nSPS) is 13.6. The molecule has 1 aliphatic carbocycles. The summed E-state index contributed by atoms with van der Waals surface area (Å²) in [5, 5.41) is 14.1. The number of thiophene rings is 1. The Balaban J connectivity index is 1.44. The van der Waals surface area contributed by atoms with Crippen LogP contribution in [0.15, 0.2) is 30.6 Å². The zero-order valence-corrected chi connectivity index (χ0v) is 19.1. The van der Waals surface area contributed by atoms with Gasteiger partial charge >= 0.3 is 11.9 Å². The number of nitrogens with one attached hydrogen (secondary N) is 1. The Morgan fingerprint density at radius 3 is 2.61 bits per heavy atom. The Bertz CT molecular complexity index is 1160. The number of carbonyl (C=O) groups is 3. The summed E-state index contributed by atoms with van der Waals surface area (Å²) in [6.45, 7) is 3.48. The molecule has 10 nitrogen and oxygen atoms in total. The maximum absolute atomic E-state index is 12.8. The first kappa shape index (κ1) is 22.6. The van der Waals surface area contributed by atoms with Crippen LogP contribution < -0.4 is 5.32 Å². The molecular formula is C22H23N5O5S. The molecule has 0 saturated carbocycles. The van der Waals surface area contributed by atoms with Gasteiger partial charge in [0.2, 0.25) is 0 Å². The van der Waals surface area contributed by atoms with E-state index in [9.17, 15) is 14.4 Å². The molecule has 2 aromatic heterocycles. The van der Waals surface area contributed by atoms with Gasteiger partial charge in [-0.25, -0.2) is 14.3 Å². The van der Waals surface area contributed by atoms with Crippen molar-refractivity contribution in [3.05, 3.63) is 52.2 Å². The van der Waals surface area contributed by atoms with Crippen LogP contribution in [0.1, 0.15) is 57.8 Å². The minimum atomic E-state index is -1.06. The lowest BCUT2D eigenvalue weighted by molar-refractivity contribution is -0.123. The highest BCUT2D eigenvalue weighted by Crippen LogP contribution is 2.38. The number of hydrogen-bond acceptors (Lipinski definition) is 9. The van der Waals surface area contributed by atoms with Crippen molar-refractivity contribution in [2.45, 2.75) is 45.6 Å². The summed E-state index contributed by atoms with van der Waals surface area (Å²) in [4.78, 5) is 38.9. The third kappa shape index (κ3) is 4.92. The molecule has 1 aromatic carbocycles. The molecule has 0 unspecified atom stereocenters. The fourth-order valence-electron chi connectivity index (χ4n) is 3.60. The van der Waals surface area contributed by atoms with Crippen LogP contribution in [-0.2, 0) is 27.1 Å². The van der Waals surface area contributed by atoms with Crippen molar-refractivity contribution >= 4 is 34.2 Å². The van der Waals surface area contributed by atoms with Crippen LogP contribution >= 0.6 is 11.3 Å². The highest BCUT2D eigenvalue weighted by molar-refractivity contribution is 7.17. The lowest BCUT2D eigenvalue weighted by Crippen LogP contribution is -2.30. The molecule has 4 rings (SSSR count). The van der Waals surface area contributed by atoms with Crippen molar-refractivity contribution in [3.8, 4) is 5.69 Å². The summed E-state index contributed by atoms with van der Waals surface area (Å²) in [6.07, 6.45) is 4.06. The second kappa shape index (κ2) is 9.90. The molecule has 33 heavy (non-hydrogen) atoms. The van der Waals surface area contributed by atoms with Crippen molar-refractivity contribution < 1.29 is 23.9 Å². The van der Waals surface area contributed by atoms with Crippen molar-refractivity contribution in [2.24, 2.45) is 0 Å². The molecule has 0 spiro atoms. The molecule has 11 heteroatoms. The van der Waals surface area contributed by atoms with Gasteiger partial charge in [-0.15, -0.1) is 16.4 Å². The Labute approximate surface area is 193 Å². The molecule has 0 bridgehead atoms. The standard InChI is InChI=1S/C22H23N5O5S/c1-3-31-22(30)18-16-6-4-5-7-17(16)33-20(18)24-19(28)13(2)32-21(29)14-8-10-15(11-9-14)27-12-23-25-26-27/h8-13H,3-7H2,1-2H3,(H,24,28)/t13-/m0/s1. The van der Waals surface area contributed by atoms with E-state index in [2.05, 4.69) is 20.8 Å². The Morgan fingerprint density at radius 2 is 1.91 bits per heavy atom. The third-order valence-electron chi connectivity index (χ3n) is 5.26. The van der Waals surface area contributed by atoms with Crippen molar-refractivity contribution in [2.75, 3.05) is 11.9 Å². The van der Waals surface area contributed by atoms with Gasteiger partial charge < -0.3 is 14.8 Å². The van der Waals surface area contributed by atoms with E-state index in [-0.39, 0.29) is 12.2 Å². The summed E-state index contributed by atoms with van der Waals surface area (Å²) < 4.78 is 12.0. The minimum absolute atomic E-state index is 0.247. The molecule has 3 aromatic rings. The van der Waals surface area contributed by atoms with E-state index in [0.29, 0.717) is 16.3 Å². The van der Waals surface area contributed by atoms with Gasteiger partial charge in [-0.05, 0) is 79.8 Å². The molecule has 1 N–H and O–H groups in total. The molecule has 0 radical (unpaired) electrons. The number of esters is 2. The zero-order chi connectivity index (χ0) is 23.4. The van der Waals surface area contributed by atoms with Crippen molar-refractivity contribution in [1.29, 1.82) is 0 Å². The molecule has 2 heterocycles. The number of ether oxygens (including phenoxy) is 2. The zero-order valence-electron chi connectivity index (χ0n) is 18.2. The van der Waals surface area contributed by atoms with E-state index < -0.39 is 23.9 Å². The minimum Gasteiger partial charge on any atom is -0.462 e. The Morgan fingerprint density at radius 1 is 1.15 bits per heavy atom. The number of fused-ring (bicyclic) bond motifs is 1. The number of tetrazole rings is 1. The topological polar surface area (TPSA) is 125 Å². The number of aryl methyl sites for hydroxylation is 1. The maximum Gasteiger partial charge on any atom is 0.341 e. The first-order valence-corrected chi connectivity index (χ1v) is 11.5. The molecular weight excluding hydrogens is 446 g/mol. The monoisotopic (exact) mass is 469 g/mol. The van der Waals surface area contributed by atoms with Gasteiger partial charge in [-0.3, -0.25) is 4.79 Å². The van der Waals surface area contributed by atoms with Gasteiger partial charge in [0.15, 0.2) is 6.10 Å². The van der Waals surface area contributed by atoms with Gasteiger partial charge in [0, 0.05) is 4.88 Å². The molecule has 0 saturated heterocycles. The largest absolute Gasteiger partial charge is 0.462 e. The highest BCUT2D eigenvalue weighted by Gasteiger charge is 2.29. The first-order chi connectivity index (χ1) is 16.0. The predicted octanol–water partition coefficient (Wildman–Crippen LogP) is 2.96. The molecule has 172 valence electrons. The second-order valence-electron chi connectivity index (χ2n) is 7.47. The van der Waals surface area contributed by atoms with Crippen molar-refractivity contribution in [1.82, 2.24) is 20.2 Å². The molecule has 0 aliphatic heterocycles. The van der Waals surface area contributed by atoms with Gasteiger partial charge in [-0.2, -0.15) is 0 Å². The van der Waals surface area contributed by atoms with Crippen LogP contribution in [-0.4, -0.2) is 50.8 Å². The van der Waals surface area contributed by atoms with Crippen LogP contribution in [0, 0.1) is 0 Å². The van der Waals surface area contributed by atoms with Crippen LogP contribution in [0.4, 0.5) is 5.00 Å². The number of carbonyl (C=O) groups excluding carboxylic acids is 3. The number of nitrogens with zero attached hydrogens (tertiary/aromatic N) is 4. The number of rotatable bonds is 7. The number of aromatic nitrogens is 4. The van der Waals surface area contributed by atoms with Gasteiger partial charge in [0.05, 0.1) is 23.4 Å². The van der Waals surface area contributed by atoms with E-state index >= 15 is 0 Å². The van der Waals surface area contributed by atoms with Crippen LogP contribution in [0.2, 0.25) is 0 Å². The maximum atomic E-state index is 12.8. The predicted molar refractivity (Wildman–Crippen MR) is 120 cm³/mol. The first-order valence-electron chi connectivity index (χ1n) is 10.6. The third-order valence-corrected chi connectivity index (χ3v) is 6.46. The summed E-state index contributed by atoms with van der Waals surface area (Å²) in [6, 6.07) is 6.46. The number of benzene rings is 1. The number of amides is 1. The van der Waals surface area contributed by atoms with E-state index in [1.165, 1.54) is 29.3 Å². The molecule has 1 aliphatic rings. The fraction of sp³-hybridized carbons (Fsp3) is 0.364. The summed E-state index contributed by atoms with van der Waals surface area (Å²) in [5.74, 6) is -1.60. The Kier molecular flexibility index (Phi) is 6.78. The van der Waals surface area contributed by atoms with Gasteiger partial charge in [0.1, 0.15) is 11.3 Å². The summed E-state index contributed by atoms with van der Waals surface area (Å²) >= 11 is 1.39. The smallest absolute Gasteiger partial charge is 0.341 e. The quantitative estimate of drug-likeness (QED) is 0.524. The average molecular weight is 470 g/mol. The molecule has 0 fully saturated rings. The molecule has 1 amide bonds. The Hall–Kier alpha value is -3.60. The van der Waals surface area contributed by atoms with E-state index in [1.807, 2.05) is 0 Å². The number of hydrogen-bond donors (Lipinski definition) is 1. The summed E-state index contributed by atoms with van der Waals surface area (Å²) in [5.41, 5.74) is 2.33. The van der Waals surface area contributed by atoms with E-state index in [0.717, 1.165) is 36.1 Å². The van der Waals surface area contributed by atoms with Gasteiger partial charge in [-0.1, -0.05) is 0 Å². The molecule has 1 atom stereocenters. The van der Waals surface area contributed by atoms with Gasteiger partial charge in [0.25, 0.3) is 5.91 Å². The average Bonchev–Trinajstić information content (AvgIpc) is 3.47. The van der Waals surface area contributed by atoms with E-state index in [1.54, 1.807) is 31.2 Å². The lowest BCUT2D eigenvalue weighted by Gasteiger charge is -2.14. The summed E-state index contributed by atoms with van der Waals surface area (Å²) in [7, 11) is 0. The fourth-order valence-corrected chi connectivity index (χ4v) is 4.88. The van der Waals surface area contributed by atoms with Crippen LogP contribution in [0.25, 0.3) is 5.69 Å². The lowest BCUT2D eigenvalue weighted by atomic mass is 9.95. The second-order valence-corrected chi connectivity index (χ2v) is 8.58. The highest BCUT2D eigenvalue weighted by atomic mass is 32.1. The van der Waals surface area contributed by atoms with E-state index in [4.69, 9.17) is 9.47 Å². The van der Waals surface area contributed by atoms with Crippen LogP contribution in [0.5, 0.6) is 0 Å².